The average molecular weight is 504 g/mol. The number of aromatic amines is 1. The summed E-state index contributed by atoms with van der Waals surface area (Å²) in [6.45, 7) is 5.06. The van der Waals surface area contributed by atoms with Crippen LogP contribution in [0.25, 0.3) is 22.5 Å². The van der Waals surface area contributed by atoms with Crippen LogP contribution in [0.5, 0.6) is 0 Å². The summed E-state index contributed by atoms with van der Waals surface area (Å²) in [4.78, 5) is 28.5. The van der Waals surface area contributed by atoms with Crippen LogP contribution in [0.4, 0.5) is 0 Å². The van der Waals surface area contributed by atoms with Gasteiger partial charge in [0.25, 0.3) is 0 Å². The zero-order chi connectivity index (χ0) is 26.1. The van der Waals surface area contributed by atoms with E-state index in [2.05, 4.69) is 27.5 Å². The summed E-state index contributed by atoms with van der Waals surface area (Å²) in [7, 11) is 0. The number of nitrogens with zero attached hydrogens (tertiary/aromatic N) is 4. The maximum absolute atomic E-state index is 13.4. The summed E-state index contributed by atoms with van der Waals surface area (Å²) >= 11 is 0. The van der Waals surface area contributed by atoms with Gasteiger partial charge in [0, 0.05) is 25.1 Å². The van der Waals surface area contributed by atoms with Crippen molar-refractivity contribution in [3.05, 3.63) is 54.1 Å². The second-order valence-corrected chi connectivity index (χ2v) is 9.90. The van der Waals surface area contributed by atoms with Crippen molar-refractivity contribution in [2.45, 2.75) is 71.8 Å². The van der Waals surface area contributed by atoms with Crippen molar-refractivity contribution in [3.8, 4) is 22.5 Å². The monoisotopic (exact) mass is 503 g/mol. The molecule has 0 bridgehead atoms. The Labute approximate surface area is 218 Å². The van der Waals surface area contributed by atoms with Gasteiger partial charge in [0.05, 0.1) is 12.0 Å². The Morgan fingerprint density at radius 3 is 2.49 bits per heavy atom. The Bertz CT molecular complexity index is 1160. The van der Waals surface area contributed by atoms with Crippen LogP contribution < -0.4 is 0 Å². The molecular weight excluding hydrogens is 466 g/mol. The van der Waals surface area contributed by atoms with E-state index < -0.39 is 5.41 Å². The van der Waals surface area contributed by atoms with Crippen molar-refractivity contribution in [2.24, 2.45) is 5.41 Å². The minimum Gasteiger partial charge on any atom is -0.466 e. The van der Waals surface area contributed by atoms with E-state index in [4.69, 9.17) is 4.74 Å². The molecule has 1 saturated carbocycles. The van der Waals surface area contributed by atoms with Gasteiger partial charge in [-0.25, -0.2) is 0 Å². The molecule has 8 heteroatoms. The zero-order valence-electron chi connectivity index (χ0n) is 21.9. The van der Waals surface area contributed by atoms with Crippen LogP contribution in [0.15, 0.2) is 48.5 Å². The summed E-state index contributed by atoms with van der Waals surface area (Å²) in [5.74, 6) is 0.402. The number of tetrazole rings is 1. The molecule has 8 nitrogen and oxygen atoms in total. The number of unbranched alkanes of at least 4 members (excludes halogenated alkanes) is 1. The normalized spacial score (nSPS) is 14.8. The second kappa shape index (κ2) is 12.6. The lowest BCUT2D eigenvalue weighted by Gasteiger charge is -2.39. The van der Waals surface area contributed by atoms with E-state index >= 15 is 0 Å². The number of aromatic nitrogens is 4. The highest BCUT2D eigenvalue weighted by Gasteiger charge is 2.43. The van der Waals surface area contributed by atoms with E-state index in [1.54, 1.807) is 0 Å². The Morgan fingerprint density at radius 1 is 1.03 bits per heavy atom. The minimum absolute atomic E-state index is 0.0735. The standard InChI is InChI=1S/C29H37N5O3/c1-3-5-14-26(35)34(21-29(28(36)37-4-2)17-10-7-11-18-29)20-22-15-16-24(23-12-8-6-9-13-23)25(19-22)27-30-32-33-31-27/h6,8-9,12-13,15-16,19H,3-5,7,10-11,14,17-18,20-21H2,1-2H3,(H,30,31,32,33). The molecule has 37 heavy (non-hydrogen) atoms. The van der Waals surface area contributed by atoms with Gasteiger partial charge in [-0.2, -0.15) is 5.21 Å². The quantitative estimate of drug-likeness (QED) is 0.344. The SMILES string of the molecule is CCCCC(=O)N(Cc1ccc(-c2ccccc2)c(-c2nn[nH]n2)c1)CC1(C(=O)OCC)CCCCC1. The van der Waals surface area contributed by atoms with E-state index in [0.717, 1.165) is 67.2 Å². The van der Waals surface area contributed by atoms with Crippen LogP contribution in [0.3, 0.4) is 0 Å². The maximum atomic E-state index is 13.4. The number of esters is 1. The third kappa shape index (κ3) is 6.42. The van der Waals surface area contributed by atoms with E-state index in [1.165, 1.54) is 0 Å². The fraction of sp³-hybridized carbons (Fsp3) is 0.483. The highest BCUT2D eigenvalue weighted by Crippen LogP contribution is 2.39. The molecular formula is C29H37N5O3. The predicted octanol–water partition coefficient (Wildman–Crippen LogP) is 5.57. The van der Waals surface area contributed by atoms with Crippen molar-refractivity contribution in [3.63, 3.8) is 0 Å². The number of amides is 1. The Balaban J connectivity index is 1.67. The summed E-state index contributed by atoms with van der Waals surface area (Å²) in [5, 5.41) is 14.8. The topological polar surface area (TPSA) is 101 Å². The zero-order valence-corrected chi connectivity index (χ0v) is 21.9. The molecule has 0 aliphatic heterocycles. The number of hydrogen-bond donors (Lipinski definition) is 1. The Hall–Kier alpha value is -3.55. The van der Waals surface area contributed by atoms with Crippen molar-refractivity contribution in [1.82, 2.24) is 25.5 Å². The maximum Gasteiger partial charge on any atom is 0.313 e. The highest BCUT2D eigenvalue weighted by molar-refractivity contribution is 5.82. The lowest BCUT2D eigenvalue weighted by atomic mass is 9.73. The summed E-state index contributed by atoms with van der Waals surface area (Å²) in [5.41, 5.74) is 3.20. The molecule has 0 atom stereocenters. The highest BCUT2D eigenvalue weighted by atomic mass is 16.5. The fourth-order valence-electron chi connectivity index (χ4n) is 5.26. The molecule has 196 valence electrons. The van der Waals surface area contributed by atoms with E-state index in [-0.39, 0.29) is 11.9 Å². The molecule has 0 saturated heterocycles. The van der Waals surface area contributed by atoms with Crippen molar-refractivity contribution in [1.29, 1.82) is 0 Å². The first-order valence-corrected chi connectivity index (χ1v) is 13.4. The van der Waals surface area contributed by atoms with Gasteiger partial charge in [0.1, 0.15) is 0 Å². The molecule has 2 aromatic carbocycles. The van der Waals surface area contributed by atoms with E-state index in [9.17, 15) is 9.59 Å². The predicted molar refractivity (Wildman–Crippen MR) is 142 cm³/mol. The van der Waals surface area contributed by atoms with Crippen LogP contribution in [0.1, 0.15) is 70.8 Å². The van der Waals surface area contributed by atoms with E-state index in [0.29, 0.717) is 31.9 Å². The Kier molecular flexibility index (Phi) is 9.04. The third-order valence-corrected chi connectivity index (χ3v) is 7.24. The molecule has 1 aromatic heterocycles. The molecule has 0 spiro atoms. The average Bonchev–Trinajstić information content (AvgIpc) is 3.47. The number of ether oxygens (including phenoxy) is 1. The smallest absolute Gasteiger partial charge is 0.313 e. The lowest BCUT2D eigenvalue weighted by molar-refractivity contribution is -0.160. The number of carbonyl (C=O) groups is 2. The second-order valence-electron chi connectivity index (χ2n) is 9.90. The van der Waals surface area contributed by atoms with Gasteiger partial charge in [0.2, 0.25) is 11.7 Å². The molecule has 1 heterocycles. The molecule has 1 fully saturated rings. The first-order valence-electron chi connectivity index (χ1n) is 13.4. The number of benzene rings is 2. The molecule has 1 amide bonds. The van der Waals surface area contributed by atoms with Crippen LogP contribution in [-0.2, 0) is 20.9 Å². The molecule has 4 rings (SSSR count). The number of H-pyrrole nitrogens is 1. The van der Waals surface area contributed by atoms with Gasteiger partial charge in [-0.3, -0.25) is 9.59 Å². The molecule has 0 radical (unpaired) electrons. The first-order chi connectivity index (χ1) is 18.1. The van der Waals surface area contributed by atoms with Gasteiger partial charge in [-0.05, 0) is 54.2 Å². The third-order valence-electron chi connectivity index (χ3n) is 7.24. The van der Waals surface area contributed by atoms with E-state index in [1.807, 2.05) is 60.4 Å². The van der Waals surface area contributed by atoms with Gasteiger partial charge in [-0.15, -0.1) is 10.2 Å². The van der Waals surface area contributed by atoms with Crippen molar-refractivity contribution >= 4 is 11.9 Å². The first kappa shape index (κ1) is 26.5. The van der Waals surface area contributed by atoms with Crippen LogP contribution in [-0.4, -0.2) is 50.6 Å². The van der Waals surface area contributed by atoms with Crippen molar-refractivity contribution < 1.29 is 14.3 Å². The summed E-state index contributed by atoms with van der Waals surface area (Å²) < 4.78 is 5.53. The number of rotatable bonds is 11. The molecule has 1 aliphatic carbocycles. The van der Waals surface area contributed by atoms with Crippen LogP contribution in [0.2, 0.25) is 0 Å². The number of nitrogens with one attached hydrogen (secondary N) is 1. The van der Waals surface area contributed by atoms with Crippen molar-refractivity contribution in [2.75, 3.05) is 13.2 Å². The molecule has 1 aliphatic rings. The largest absolute Gasteiger partial charge is 0.466 e. The lowest BCUT2D eigenvalue weighted by Crippen LogP contribution is -2.47. The minimum atomic E-state index is -0.642. The van der Waals surface area contributed by atoms with Crippen LogP contribution in [0, 0.1) is 5.41 Å². The van der Waals surface area contributed by atoms with Gasteiger partial charge < -0.3 is 9.64 Å². The van der Waals surface area contributed by atoms with Crippen LogP contribution >= 0.6 is 0 Å². The molecule has 3 aromatic rings. The van der Waals surface area contributed by atoms with Gasteiger partial charge in [0.15, 0.2) is 0 Å². The Morgan fingerprint density at radius 2 is 1.81 bits per heavy atom. The summed E-state index contributed by atoms with van der Waals surface area (Å²) in [6, 6.07) is 16.2. The fourth-order valence-corrected chi connectivity index (χ4v) is 5.26. The number of hydrogen-bond acceptors (Lipinski definition) is 6. The number of carbonyl (C=O) groups excluding carboxylic acids is 2. The summed E-state index contributed by atoms with van der Waals surface area (Å²) in [6.07, 6.45) is 6.80. The van der Waals surface area contributed by atoms with Gasteiger partial charge >= 0.3 is 5.97 Å². The molecule has 1 N–H and O–H groups in total. The molecule has 0 unspecified atom stereocenters. The van der Waals surface area contributed by atoms with Gasteiger partial charge in [-0.1, -0.05) is 75.1 Å².